The number of methoxy groups -OCH3 is 1. The highest BCUT2D eigenvalue weighted by atomic mass is 35.5. The molecule has 2 amide bonds. The van der Waals surface area contributed by atoms with Gasteiger partial charge in [0.1, 0.15) is 5.82 Å². The fourth-order valence-corrected chi connectivity index (χ4v) is 2.81. The summed E-state index contributed by atoms with van der Waals surface area (Å²) in [6.07, 6.45) is 0. The molecule has 0 saturated carbocycles. The number of aromatic nitrogens is 1. The number of rotatable bonds is 9. The molecule has 0 aliphatic rings. The highest BCUT2D eigenvalue weighted by Crippen LogP contribution is 2.33. The van der Waals surface area contributed by atoms with Crippen molar-refractivity contribution in [1.82, 2.24) is 15.6 Å². The Morgan fingerprint density at radius 3 is 2.54 bits per heavy atom. The van der Waals surface area contributed by atoms with Gasteiger partial charge in [-0.05, 0) is 18.2 Å². The number of nitrogens with one attached hydrogen (secondary N) is 3. The summed E-state index contributed by atoms with van der Waals surface area (Å²) in [6, 6.07) is 8.67. The summed E-state index contributed by atoms with van der Waals surface area (Å²) in [7, 11) is 1.59. The van der Waals surface area contributed by atoms with Crippen molar-refractivity contribution in [2.75, 3.05) is 38.7 Å². The summed E-state index contributed by atoms with van der Waals surface area (Å²) in [5.74, 6) is -0.0512. The lowest BCUT2D eigenvalue weighted by atomic mass is 10.1. The third-order valence-electron chi connectivity index (χ3n) is 3.75. The highest BCUT2D eigenvalue weighted by Gasteiger charge is 2.16. The van der Waals surface area contributed by atoms with Crippen molar-refractivity contribution in [2.45, 2.75) is 6.92 Å². The normalized spacial score (nSPS) is 10.4. The molecule has 0 aliphatic heterocycles. The van der Waals surface area contributed by atoms with Crippen LogP contribution in [-0.4, -0.2) is 50.1 Å². The number of hydrogen-bond donors (Lipinski definition) is 3. The number of carbonyl (C=O) groups is 2. The summed E-state index contributed by atoms with van der Waals surface area (Å²) >= 11 is 12.4. The smallest absolute Gasteiger partial charge is 0.255 e. The van der Waals surface area contributed by atoms with Gasteiger partial charge >= 0.3 is 0 Å². The predicted molar refractivity (Wildman–Crippen MR) is 111 cm³/mol. The highest BCUT2D eigenvalue weighted by molar-refractivity contribution is 6.43. The molecule has 3 N–H and O–H groups in total. The van der Waals surface area contributed by atoms with Crippen LogP contribution in [0.15, 0.2) is 30.3 Å². The van der Waals surface area contributed by atoms with Crippen LogP contribution in [0.1, 0.15) is 17.3 Å². The molecule has 150 valence electrons. The van der Waals surface area contributed by atoms with Gasteiger partial charge in [-0.3, -0.25) is 9.59 Å². The molecular formula is C19H22Cl2N4O3. The number of halogens is 2. The maximum Gasteiger partial charge on any atom is 0.255 e. The molecule has 0 aliphatic carbocycles. The van der Waals surface area contributed by atoms with Crippen LogP contribution in [0.2, 0.25) is 10.0 Å². The number of benzene rings is 1. The molecule has 0 saturated heterocycles. The molecule has 2 rings (SSSR count). The monoisotopic (exact) mass is 424 g/mol. The van der Waals surface area contributed by atoms with Crippen molar-refractivity contribution < 1.29 is 14.3 Å². The largest absolute Gasteiger partial charge is 0.383 e. The van der Waals surface area contributed by atoms with Crippen molar-refractivity contribution in [2.24, 2.45) is 0 Å². The molecule has 0 radical (unpaired) electrons. The molecule has 1 aromatic heterocycles. The Morgan fingerprint density at radius 2 is 1.82 bits per heavy atom. The number of amides is 2. The lowest BCUT2D eigenvalue weighted by Gasteiger charge is -2.14. The average Bonchev–Trinajstić information content (AvgIpc) is 2.67. The molecule has 1 heterocycles. The zero-order valence-corrected chi connectivity index (χ0v) is 17.2. The first-order chi connectivity index (χ1) is 13.4. The van der Waals surface area contributed by atoms with Gasteiger partial charge in [0.05, 0.1) is 27.9 Å². The van der Waals surface area contributed by atoms with Gasteiger partial charge in [0.25, 0.3) is 5.91 Å². The van der Waals surface area contributed by atoms with Crippen LogP contribution in [0, 0.1) is 0 Å². The van der Waals surface area contributed by atoms with Crippen LogP contribution < -0.4 is 16.0 Å². The standard InChI is InChI=1S/C19H22Cl2N4O3/c1-12(26)22-8-9-24-19(27)14-6-7-16(25-18(14)23-10-11-28-2)13-4-3-5-15(20)17(13)21/h3-7H,8-11H2,1-2H3,(H,22,26)(H,23,25)(H,24,27). The zero-order valence-electron chi connectivity index (χ0n) is 15.6. The van der Waals surface area contributed by atoms with E-state index in [1.165, 1.54) is 6.92 Å². The number of ether oxygens (including phenoxy) is 1. The molecule has 7 nitrogen and oxygen atoms in total. The van der Waals surface area contributed by atoms with E-state index < -0.39 is 0 Å². The topological polar surface area (TPSA) is 92.3 Å². The Hall–Kier alpha value is -2.35. The summed E-state index contributed by atoms with van der Waals surface area (Å²) < 4.78 is 5.05. The van der Waals surface area contributed by atoms with Crippen LogP contribution in [-0.2, 0) is 9.53 Å². The third kappa shape index (κ3) is 6.09. The molecular weight excluding hydrogens is 403 g/mol. The quantitative estimate of drug-likeness (QED) is 0.538. The van der Waals surface area contributed by atoms with Gasteiger partial charge < -0.3 is 20.7 Å². The van der Waals surface area contributed by atoms with E-state index in [1.54, 1.807) is 31.4 Å². The summed E-state index contributed by atoms with van der Waals surface area (Å²) in [4.78, 5) is 28.0. The first kappa shape index (κ1) is 21.9. The Bertz CT molecular complexity index is 846. The number of nitrogens with zero attached hydrogens (tertiary/aromatic N) is 1. The van der Waals surface area contributed by atoms with E-state index in [0.29, 0.717) is 58.9 Å². The van der Waals surface area contributed by atoms with E-state index in [0.717, 1.165) is 0 Å². The Balaban J connectivity index is 2.25. The zero-order chi connectivity index (χ0) is 20.5. The lowest BCUT2D eigenvalue weighted by molar-refractivity contribution is -0.118. The Labute approximate surface area is 173 Å². The second kappa shape index (κ2) is 10.8. The van der Waals surface area contributed by atoms with Gasteiger partial charge in [0.15, 0.2) is 0 Å². The fourth-order valence-electron chi connectivity index (χ4n) is 2.41. The second-order valence-electron chi connectivity index (χ2n) is 5.85. The first-order valence-corrected chi connectivity index (χ1v) is 9.40. The minimum Gasteiger partial charge on any atom is -0.383 e. The van der Waals surface area contributed by atoms with E-state index in [-0.39, 0.29) is 11.8 Å². The summed E-state index contributed by atoms with van der Waals surface area (Å²) in [6.45, 7) is 2.99. The van der Waals surface area contributed by atoms with Crippen molar-refractivity contribution in [1.29, 1.82) is 0 Å². The van der Waals surface area contributed by atoms with Crippen molar-refractivity contribution in [3.05, 3.63) is 45.9 Å². The first-order valence-electron chi connectivity index (χ1n) is 8.65. The van der Waals surface area contributed by atoms with E-state index in [1.807, 2.05) is 6.07 Å². The van der Waals surface area contributed by atoms with E-state index in [9.17, 15) is 9.59 Å². The van der Waals surface area contributed by atoms with Crippen LogP contribution in [0.25, 0.3) is 11.3 Å². The molecule has 0 bridgehead atoms. The van der Waals surface area contributed by atoms with Gasteiger partial charge in [-0.25, -0.2) is 4.98 Å². The van der Waals surface area contributed by atoms with Crippen molar-refractivity contribution in [3.8, 4) is 11.3 Å². The van der Waals surface area contributed by atoms with Gasteiger partial charge in [-0.1, -0.05) is 35.3 Å². The van der Waals surface area contributed by atoms with Crippen molar-refractivity contribution >= 4 is 40.8 Å². The van der Waals surface area contributed by atoms with E-state index >= 15 is 0 Å². The molecule has 2 aromatic rings. The number of carbonyl (C=O) groups excluding carboxylic acids is 2. The molecule has 0 atom stereocenters. The lowest BCUT2D eigenvalue weighted by Crippen LogP contribution is -2.34. The molecule has 0 unspecified atom stereocenters. The molecule has 0 spiro atoms. The maximum atomic E-state index is 12.5. The number of hydrogen-bond acceptors (Lipinski definition) is 5. The Morgan fingerprint density at radius 1 is 1.07 bits per heavy atom. The predicted octanol–water partition coefficient (Wildman–Crippen LogP) is 2.98. The minimum absolute atomic E-state index is 0.152. The van der Waals surface area contributed by atoms with Crippen LogP contribution >= 0.6 is 23.2 Å². The van der Waals surface area contributed by atoms with E-state index in [4.69, 9.17) is 27.9 Å². The fraction of sp³-hybridized carbons (Fsp3) is 0.316. The van der Waals surface area contributed by atoms with Gasteiger partial charge in [0.2, 0.25) is 5.91 Å². The molecule has 1 aromatic carbocycles. The number of anilines is 1. The van der Waals surface area contributed by atoms with Gasteiger partial charge in [-0.15, -0.1) is 0 Å². The average molecular weight is 425 g/mol. The molecule has 28 heavy (non-hydrogen) atoms. The SMILES string of the molecule is COCCNc1nc(-c2cccc(Cl)c2Cl)ccc1C(=O)NCCNC(C)=O. The summed E-state index contributed by atoms with van der Waals surface area (Å²) in [5, 5.41) is 9.30. The third-order valence-corrected chi connectivity index (χ3v) is 4.57. The summed E-state index contributed by atoms with van der Waals surface area (Å²) in [5.41, 5.74) is 1.63. The minimum atomic E-state index is -0.304. The Kier molecular flexibility index (Phi) is 8.50. The van der Waals surface area contributed by atoms with E-state index in [2.05, 4.69) is 20.9 Å². The van der Waals surface area contributed by atoms with Gasteiger partial charge in [0, 0.05) is 39.2 Å². The van der Waals surface area contributed by atoms with Crippen LogP contribution in [0.4, 0.5) is 5.82 Å². The molecule has 0 fully saturated rings. The van der Waals surface area contributed by atoms with Crippen molar-refractivity contribution in [3.63, 3.8) is 0 Å². The second-order valence-corrected chi connectivity index (χ2v) is 6.64. The molecule has 9 heteroatoms. The van der Waals surface area contributed by atoms with Crippen LogP contribution in [0.5, 0.6) is 0 Å². The number of pyridine rings is 1. The van der Waals surface area contributed by atoms with Gasteiger partial charge in [-0.2, -0.15) is 0 Å². The van der Waals surface area contributed by atoms with Crippen LogP contribution in [0.3, 0.4) is 0 Å². The maximum absolute atomic E-state index is 12.5.